The maximum Gasteiger partial charge on any atom is 0.355 e. The normalized spacial score (nSPS) is 15.0. The molecule has 1 atom stereocenters. The zero-order valence-electron chi connectivity index (χ0n) is 17.0. The van der Waals surface area contributed by atoms with E-state index in [2.05, 4.69) is 20.8 Å². The molecule has 31 heavy (non-hydrogen) atoms. The number of allylic oxidation sites excluding steroid dienone is 1. The summed E-state index contributed by atoms with van der Waals surface area (Å²) in [7, 11) is 4.28. The maximum atomic E-state index is 13.6. The molecule has 4 rings (SSSR count). The van der Waals surface area contributed by atoms with Crippen molar-refractivity contribution in [1.82, 2.24) is 20.2 Å². The van der Waals surface area contributed by atoms with E-state index in [0.717, 1.165) is 0 Å². The maximum absolute atomic E-state index is 13.6. The molecule has 0 bridgehead atoms. The van der Waals surface area contributed by atoms with Gasteiger partial charge in [-0.3, -0.25) is 4.79 Å². The molecule has 3 aromatic rings. The monoisotopic (exact) mass is 421 g/mol. The fourth-order valence-corrected chi connectivity index (χ4v) is 3.47. The number of rotatable bonds is 6. The minimum atomic E-state index is -0.853. The molecule has 158 valence electrons. The molecule has 1 N–H and O–H groups in total. The molecule has 2 heterocycles. The number of fused-ring (bicyclic) bond motifs is 1. The van der Waals surface area contributed by atoms with Crippen LogP contribution in [-0.2, 0) is 9.53 Å². The lowest BCUT2D eigenvalue weighted by Crippen LogP contribution is -2.33. The van der Waals surface area contributed by atoms with Crippen LogP contribution < -0.4 is 14.8 Å². The highest BCUT2D eigenvalue weighted by Crippen LogP contribution is 2.41. The average molecular weight is 421 g/mol. The molecule has 2 aromatic carbocycles. The third-order valence-corrected chi connectivity index (χ3v) is 4.92. The van der Waals surface area contributed by atoms with E-state index in [9.17, 15) is 9.59 Å². The molecule has 0 amide bonds. The molecule has 1 aliphatic heterocycles. The van der Waals surface area contributed by atoms with Crippen LogP contribution >= 0.6 is 0 Å². The van der Waals surface area contributed by atoms with E-state index in [1.54, 1.807) is 48.5 Å². The Morgan fingerprint density at radius 3 is 2.48 bits per heavy atom. The number of benzene rings is 2. The summed E-state index contributed by atoms with van der Waals surface area (Å²) < 4.78 is 17.2. The van der Waals surface area contributed by atoms with Crippen LogP contribution in [0.25, 0.3) is 0 Å². The fraction of sp³-hybridized carbons (Fsp3) is 0.190. The minimum absolute atomic E-state index is 0.0403. The minimum Gasteiger partial charge on any atom is -0.497 e. The Hall–Kier alpha value is -4.21. The average Bonchev–Trinajstić information content (AvgIpc) is 3.30. The number of anilines is 1. The van der Waals surface area contributed by atoms with E-state index >= 15 is 0 Å². The molecule has 0 spiro atoms. The van der Waals surface area contributed by atoms with Crippen LogP contribution in [0.15, 0.2) is 59.8 Å². The zero-order chi connectivity index (χ0) is 22.0. The predicted molar refractivity (Wildman–Crippen MR) is 109 cm³/mol. The smallest absolute Gasteiger partial charge is 0.355 e. The van der Waals surface area contributed by atoms with Crippen LogP contribution in [0.5, 0.6) is 11.5 Å². The van der Waals surface area contributed by atoms with Crippen molar-refractivity contribution in [2.45, 2.75) is 6.04 Å². The Balaban J connectivity index is 1.99. The van der Waals surface area contributed by atoms with Gasteiger partial charge in [0.1, 0.15) is 23.2 Å². The molecule has 1 aromatic heterocycles. The SMILES string of the molecule is COC(=O)C1=C(C(=O)c2ccccc2)[C@H](c2ccc(OC)cc2OC)n2nnnc2N1. The van der Waals surface area contributed by atoms with Crippen molar-refractivity contribution < 1.29 is 23.8 Å². The first-order valence-electron chi connectivity index (χ1n) is 9.28. The van der Waals surface area contributed by atoms with Crippen molar-refractivity contribution in [3.05, 3.63) is 70.9 Å². The molecule has 0 unspecified atom stereocenters. The largest absolute Gasteiger partial charge is 0.497 e. The van der Waals surface area contributed by atoms with Crippen LogP contribution in [-0.4, -0.2) is 53.3 Å². The lowest BCUT2D eigenvalue weighted by atomic mass is 9.89. The fourth-order valence-electron chi connectivity index (χ4n) is 3.47. The first-order chi connectivity index (χ1) is 15.1. The Labute approximate surface area is 177 Å². The summed E-state index contributed by atoms with van der Waals surface area (Å²) in [6, 6.07) is 12.9. The second-order valence-corrected chi connectivity index (χ2v) is 6.56. The lowest BCUT2D eigenvalue weighted by molar-refractivity contribution is -0.136. The highest BCUT2D eigenvalue weighted by molar-refractivity contribution is 6.15. The highest BCUT2D eigenvalue weighted by atomic mass is 16.5. The van der Waals surface area contributed by atoms with Gasteiger partial charge in [-0.25, -0.2) is 4.79 Å². The Morgan fingerprint density at radius 2 is 1.81 bits per heavy atom. The number of Topliss-reactive ketones (excluding diaryl/α,β-unsaturated/α-hetero) is 1. The van der Waals surface area contributed by atoms with Gasteiger partial charge in [-0.05, 0) is 22.6 Å². The van der Waals surface area contributed by atoms with E-state index in [1.165, 1.54) is 26.0 Å². The molecular formula is C21H19N5O5. The van der Waals surface area contributed by atoms with E-state index < -0.39 is 12.0 Å². The zero-order valence-corrected chi connectivity index (χ0v) is 17.0. The summed E-state index contributed by atoms with van der Waals surface area (Å²) in [5.74, 6) is 0.103. The van der Waals surface area contributed by atoms with E-state index in [0.29, 0.717) is 22.6 Å². The standard InChI is InChI=1S/C21H19N5O5/c1-29-13-9-10-14(15(11-13)30-2)18-16(19(27)12-7-5-4-6-8-12)17(20(28)31-3)22-21-23-24-25-26(18)21/h4-11,18H,1-3H3,(H,22,23,25)/t18-/m0/s1. The van der Waals surface area contributed by atoms with Gasteiger partial charge in [0.15, 0.2) is 5.78 Å². The Morgan fingerprint density at radius 1 is 1.03 bits per heavy atom. The predicted octanol–water partition coefficient (Wildman–Crippen LogP) is 2.02. The molecule has 1 aliphatic rings. The molecule has 0 radical (unpaired) electrons. The van der Waals surface area contributed by atoms with Gasteiger partial charge in [-0.2, -0.15) is 4.68 Å². The van der Waals surface area contributed by atoms with Crippen LogP contribution in [0.1, 0.15) is 22.0 Å². The van der Waals surface area contributed by atoms with Crippen molar-refractivity contribution in [3.8, 4) is 11.5 Å². The van der Waals surface area contributed by atoms with Crippen LogP contribution in [0.3, 0.4) is 0 Å². The molecule has 0 fully saturated rings. The van der Waals surface area contributed by atoms with Crippen molar-refractivity contribution in [2.24, 2.45) is 0 Å². The quantitative estimate of drug-likeness (QED) is 0.471. The molecule has 0 saturated carbocycles. The van der Waals surface area contributed by atoms with Gasteiger partial charge in [-0.15, -0.1) is 0 Å². The highest BCUT2D eigenvalue weighted by Gasteiger charge is 2.39. The second-order valence-electron chi connectivity index (χ2n) is 6.56. The lowest BCUT2D eigenvalue weighted by Gasteiger charge is -2.29. The number of methoxy groups -OCH3 is 3. The van der Waals surface area contributed by atoms with Gasteiger partial charge in [0.25, 0.3) is 0 Å². The van der Waals surface area contributed by atoms with Gasteiger partial charge >= 0.3 is 5.97 Å². The topological polar surface area (TPSA) is 117 Å². The van der Waals surface area contributed by atoms with Crippen LogP contribution in [0, 0.1) is 0 Å². The summed E-state index contributed by atoms with van der Waals surface area (Å²) in [6.07, 6.45) is 0. The van der Waals surface area contributed by atoms with Crippen molar-refractivity contribution in [2.75, 3.05) is 26.6 Å². The summed E-state index contributed by atoms with van der Waals surface area (Å²) in [5, 5.41) is 14.5. The van der Waals surface area contributed by atoms with E-state index in [-0.39, 0.29) is 23.0 Å². The Kier molecular flexibility index (Phi) is 5.35. The first kappa shape index (κ1) is 20.1. The molecule has 10 heteroatoms. The number of nitrogens with zero attached hydrogens (tertiary/aromatic N) is 4. The number of aromatic nitrogens is 4. The van der Waals surface area contributed by atoms with Crippen LogP contribution in [0.2, 0.25) is 0 Å². The number of tetrazole rings is 1. The number of carbonyl (C=O) groups is 2. The van der Waals surface area contributed by atoms with Gasteiger partial charge in [0.05, 0.1) is 26.9 Å². The first-order valence-corrected chi connectivity index (χ1v) is 9.28. The van der Waals surface area contributed by atoms with Crippen molar-refractivity contribution in [1.29, 1.82) is 0 Å². The van der Waals surface area contributed by atoms with E-state index in [1.807, 2.05) is 0 Å². The number of carbonyl (C=O) groups excluding carboxylic acids is 2. The van der Waals surface area contributed by atoms with Crippen LogP contribution in [0.4, 0.5) is 5.95 Å². The summed E-state index contributed by atoms with van der Waals surface area (Å²) in [5.41, 5.74) is 1.05. The number of hydrogen-bond acceptors (Lipinski definition) is 9. The third-order valence-electron chi connectivity index (χ3n) is 4.92. The molecule has 0 saturated heterocycles. The molecular weight excluding hydrogens is 402 g/mol. The molecule has 0 aliphatic carbocycles. The van der Waals surface area contributed by atoms with E-state index in [4.69, 9.17) is 14.2 Å². The van der Waals surface area contributed by atoms with Crippen molar-refractivity contribution in [3.63, 3.8) is 0 Å². The summed E-state index contributed by atoms with van der Waals surface area (Å²) in [6.45, 7) is 0. The van der Waals surface area contributed by atoms with Gasteiger partial charge in [0, 0.05) is 17.2 Å². The third kappa shape index (κ3) is 3.48. The number of hydrogen-bond donors (Lipinski definition) is 1. The number of ketones is 1. The second kappa shape index (κ2) is 8.27. The molecule has 10 nitrogen and oxygen atoms in total. The summed E-state index contributed by atoms with van der Waals surface area (Å²) >= 11 is 0. The summed E-state index contributed by atoms with van der Waals surface area (Å²) in [4.78, 5) is 26.3. The Bertz CT molecular complexity index is 1170. The van der Waals surface area contributed by atoms with Gasteiger partial charge in [-0.1, -0.05) is 35.4 Å². The van der Waals surface area contributed by atoms with Crippen molar-refractivity contribution >= 4 is 17.7 Å². The van der Waals surface area contributed by atoms with Gasteiger partial charge in [0.2, 0.25) is 5.95 Å². The van der Waals surface area contributed by atoms with Gasteiger partial charge < -0.3 is 19.5 Å². The number of ether oxygens (including phenoxy) is 3. The number of esters is 1. The number of nitrogens with one attached hydrogen (secondary N) is 1.